The second-order valence-electron chi connectivity index (χ2n) is 7.37. The van der Waals surface area contributed by atoms with E-state index >= 15 is 0 Å². The van der Waals surface area contributed by atoms with Crippen molar-refractivity contribution in [2.75, 3.05) is 39.3 Å². The lowest BCUT2D eigenvalue weighted by atomic mass is 10.1. The molecule has 1 aromatic carbocycles. The predicted octanol–water partition coefficient (Wildman–Crippen LogP) is 2.96. The van der Waals surface area contributed by atoms with E-state index in [9.17, 15) is 18.0 Å². The van der Waals surface area contributed by atoms with Gasteiger partial charge in [-0.25, -0.2) is 0 Å². The quantitative estimate of drug-likeness (QED) is 0.735. The van der Waals surface area contributed by atoms with Crippen molar-refractivity contribution >= 4 is 5.91 Å². The minimum absolute atomic E-state index is 0.0287. The highest BCUT2D eigenvalue weighted by Gasteiger charge is 2.31. The maximum atomic E-state index is 12.9. The van der Waals surface area contributed by atoms with Gasteiger partial charge in [0, 0.05) is 38.3 Å². The molecule has 1 N–H and O–H groups in total. The average molecular weight is 425 g/mol. The molecule has 2 aromatic rings. The van der Waals surface area contributed by atoms with Gasteiger partial charge in [0.2, 0.25) is 17.6 Å². The molecule has 0 aliphatic carbocycles. The number of carbonyl (C=O) groups is 1. The first-order valence-electron chi connectivity index (χ1n) is 10.0. The number of piperazine rings is 1. The van der Waals surface area contributed by atoms with Crippen molar-refractivity contribution in [3.05, 3.63) is 35.7 Å². The van der Waals surface area contributed by atoms with Gasteiger partial charge in [0.15, 0.2) is 0 Å². The van der Waals surface area contributed by atoms with E-state index in [-0.39, 0.29) is 23.3 Å². The van der Waals surface area contributed by atoms with Gasteiger partial charge in [-0.05, 0) is 25.5 Å². The first-order valence-corrected chi connectivity index (χ1v) is 10.0. The van der Waals surface area contributed by atoms with Crippen molar-refractivity contribution in [3.63, 3.8) is 0 Å². The molecule has 164 valence electrons. The molecule has 0 saturated carbocycles. The van der Waals surface area contributed by atoms with Crippen molar-refractivity contribution in [2.45, 2.75) is 32.5 Å². The van der Waals surface area contributed by atoms with Gasteiger partial charge in [-0.2, -0.15) is 18.2 Å². The van der Waals surface area contributed by atoms with E-state index in [2.05, 4.69) is 25.3 Å². The van der Waals surface area contributed by atoms with Crippen LogP contribution >= 0.6 is 0 Å². The Morgan fingerprint density at radius 1 is 1.27 bits per heavy atom. The standard InChI is InChI=1S/C20H26F3N5O2/c1-3-7-24-17(29)13-27-8-10-28(11-9-27)14(2)19-25-18(26-30-19)15-5-4-6-16(12-15)20(21,22)23/h4-6,12,14H,3,7-11,13H2,1-2H3,(H,24,29). The number of benzene rings is 1. The lowest BCUT2D eigenvalue weighted by Gasteiger charge is -2.36. The van der Waals surface area contributed by atoms with Crippen LogP contribution in [0.2, 0.25) is 0 Å². The first-order chi connectivity index (χ1) is 14.3. The Hall–Kier alpha value is -2.46. The van der Waals surface area contributed by atoms with Gasteiger partial charge in [-0.1, -0.05) is 24.2 Å². The highest BCUT2D eigenvalue weighted by molar-refractivity contribution is 5.77. The van der Waals surface area contributed by atoms with Crippen LogP contribution in [0.1, 0.15) is 37.8 Å². The van der Waals surface area contributed by atoms with Crippen LogP contribution in [0.25, 0.3) is 11.4 Å². The van der Waals surface area contributed by atoms with Crippen LogP contribution in [0.3, 0.4) is 0 Å². The molecule has 1 atom stereocenters. The molecule has 7 nitrogen and oxygen atoms in total. The summed E-state index contributed by atoms with van der Waals surface area (Å²) in [4.78, 5) is 20.4. The van der Waals surface area contributed by atoms with Crippen molar-refractivity contribution in [3.8, 4) is 11.4 Å². The zero-order valence-corrected chi connectivity index (χ0v) is 17.1. The topological polar surface area (TPSA) is 74.5 Å². The molecule has 1 fully saturated rings. The van der Waals surface area contributed by atoms with E-state index in [1.165, 1.54) is 12.1 Å². The van der Waals surface area contributed by atoms with Crippen LogP contribution in [0.4, 0.5) is 13.2 Å². The molecular formula is C20H26F3N5O2. The van der Waals surface area contributed by atoms with Crippen LogP contribution in [-0.4, -0.2) is 65.1 Å². The lowest BCUT2D eigenvalue weighted by Crippen LogP contribution is -2.50. The van der Waals surface area contributed by atoms with Crippen LogP contribution in [0, 0.1) is 0 Å². The fourth-order valence-electron chi connectivity index (χ4n) is 3.35. The Balaban J connectivity index is 1.58. The molecule has 1 amide bonds. The zero-order chi connectivity index (χ0) is 21.7. The molecule has 2 heterocycles. The van der Waals surface area contributed by atoms with E-state index in [0.717, 1.165) is 44.7 Å². The third-order valence-corrected chi connectivity index (χ3v) is 5.14. The minimum atomic E-state index is -4.43. The fourth-order valence-corrected chi connectivity index (χ4v) is 3.35. The second-order valence-corrected chi connectivity index (χ2v) is 7.37. The molecule has 1 aliphatic heterocycles. The molecule has 1 saturated heterocycles. The van der Waals surface area contributed by atoms with Gasteiger partial charge in [0.25, 0.3) is 0 Å². The lowest BCUT2D eigenvalue weighted by molar-refractivity contribution is -0.137. The predicted molar refractivity (Wildman–Crippen MR) is 104 cm³/mol. The van der Waals surface area contributed by atoms with Crippen LogP contribution in [0.15, 0.2) is 28.8 Å². The van der Waals surface area contributed by atoms with E-state index in [1.807, 2.05) is 13.8 Å². The van der Waals surface area contributed by atoms with Gasteiger partial charge in [-0.3, -0.25) is 14.6 Å². The number of aromatic nitrogens is 2. The van der Waals surface area contributed by atoms with Crippen molar-refractivity contribution in [2.24, 2.45) is 0 Å². The average Bonchev–Trinajstić information content (AvgIpc) is 3.22. The number of hydrogen-bond donors (Lipinski definition) is 1. The highest BCUT2D eigenvalue weighted by Crippen LogP contribution is 2.32. The van der Waals surface area contributed by atoms with Crippen LogP contribution in [-0.2, 0) is 11.0 Å². The summed E-state index contributed by atoms with van der Waals surface area (Å²) in [5, 5.41) is 6.74. The summed E-state index contributed by atoms with van der Waals surface area (Å²) in [6.45, 7) is 7.91. The maximum absolute atomic E-state index is 12.9. The third-order valence-electron chi connectivity index (χ3n) is 5.14. The summed E-state index contributed by atoms with van der Waals surface area (Å²) in [6, 6.07) is 4.70. The van der Waals surface area contributed by atoms with Crippen LogP contribution < -0.4 is 5.32 Å². The summed E-state index contributed by atoms with van der Waals surface area (Å²) in [6.07, 6.45) is -3.52. The smallest absolute Gasteiger partial charge is 0.355 e. The molecule has 0 bridgehead atoms. The molecule has 1 aromatic heterocycles. The minimum Gasteiger partial charge on any atom is -0.355 e. The second kappa shape index (κ2) is 9.57. The summed E-state index contributed by atoms with van der Waals surface area (Å²) < 4.78 is 44.1. The van der Waals surface area contributed by atoms with Gasteiger partial charge in [0.05, 0.1) is 18.2 Å². The number of nitrogens with one attached hydrogen (secondary N) is 1. The molecular weight excluding hydrogens is 399 g/mol. The largest absolute Gasteiger partial charge is 0.416 e. The van der Waals surface area contributed by atoms with E-state index in [4.69, 9.17) is 4.52 Å². The summed E-state index contributed by atoms with van der Waals surface area (Å²) in [7, 11) is 0. The SMILES string of the molecule is CCCNC(=O)CN1CCN(C(C)c2nc(-c3cccc(C(F)(F)F)c3)no2)CC1. The summed E-state index contributed by atoms with van der Waals surface area (Å²) in [5.41, 5.74) is -0.492. The van der Waals surface area contributed by atoms with E-state index in [1.54, 1.807) is 0 Å². The van der Waals surface area contributed by atoms with Crippen molar-refractivity contribution in [1.82, 2.24) is 25.3 Å². The van der Waals surface area contributed by atoms with E-state index in [0.29, 0.717) is 19.0 Å². The maximum Gasteiger partial charge on any atom is 0.416 e. The highest BCUT2D eigenvalue weighted by atomic mass is 19.4. The Morgan fingerprint density at radius 2 is 2.00 bits per heavy atom. The molecule has 0 radical (unpaired) electrons. The Bertz CT molecular complexity index is 847. The molecule has 1 aliphatic rings. The number of hydrogen-bond acceptors (Lipinski definition) is 6. The number of carbonyl (C=O) groups excluding carboxylic acids is 1. The normalized spacial score (nSPS) is 17.1. The monoisotopic (exact) mass is 425 g/mol. The Morgan fingerprint density at radius 3 is 2.67 bits per heavy atom. The number of amides is 1. The molecule has 30 heavy (non-hydrogen) atoms. The number of nitrogens with zero attached hydrogens (tertiary/aromatic N) is 4. The molecule has 0 spiro atoms. The van der Waals surface area contributed by atoms with Crippen LogP contribution in [0.5, 0.6) is 0 Å². The van der Waals surface area contributed by atoms with E-state index < -0.39 is 11.7 Å². The van der Waals surface area contributed by atoms with Gasteiger partial charge >= 0.3 is 6.18 Å². The van der Waals surface area contributed by atoms with Gasteiger partial charge in [0.1, 0.15) is 0 Å². The number of alkyl halides is 3. The number of rotatable bonds is 7. The fraction of sp³-hybridized carbons (Fsp3) is 0.550. The number of halogens is 3. The summed E-state index contributed by atoms with van der Waals surface area (Å²) in [5.74, 6) is 0.520. The summed E-state index contributed by atoms with van der Waals surface area (Å²) >= 11 is 0. The zero-order valence-electron chi connectivity index (χ0n) is 17.1. The van der Waals surface area contributed by atoms with Gasteiger partial charge < -0.3 is 9.84 Å². The van der Waals surface area contributed by atoms with Crippen molar-refractivity contribution < 1.29 is 22.5 Å². The molecule has 1 unspecified atom stereocenters. The molecule has 3 rings (SSSR count). The Labute approximate surface area is 173 Å². The molecule has 10 heteroatoms. The first kappa shape index (κ1) is 22.2. The third kappa shape index (κ3) is 5.57. The van der Waals surface area contributed by atoms with Gasteiger partial charge in [-0.15, -0.1) is 0 Å². The Kier molecular flexibility index (Phi) is 7.09. The van der Waals surface area contributed by atoms with Crippen molar-refractivity contribution in [1.29, 1.82) is 0 Å².